The summed E-state index contributed by atoms with van der Waals surface area (Å²) < 4.78 is 24.6. The van der Waals surface area contributed by atoms with Crippen LogP contribution in [0.1, 0.15) is 21.9 Å². The first-order valence-corrected chi connectivity index (χ1v) is 9.18. The first-order chi connectivity index (χ1) is 13.4. The topological polar surface area (TPSA) is 80.5 Å². The van der Waals surface area contributed by atoms with Crippen LogP contribution in [-0.2, 0) is 4.74 Å². The molecule has 0 saturated carbocycles. The van der Waals surface area contributed by atoms with Gasteiger partial charge in [-0.25, -0.2) is 9.37 Å². The van der Waals surface area contributed by atoms with Gasteiger partial charge in [0.25, 0.3) is 5.91 Å². The molecule has 0 spiro atoms. The Labute approximate surface area is 165 Å². The highest BCUT2D eigenvalue weighted by Crippen LogP contribution is 2.33. The molecule has 1 amide bonds. The molecule has 0 atom stereocenters. The van der Waals surface area contributed by atoms with Crippen LogP contribution in [0.4, 0.5) is 15.9 Å². The van der Waals surface area contributed by atoms with Gasteiger partial charge in [0.1, 0.15) is 23.2 Å². The second-order valence-corrected chi connectivity index (χ2v) is 6.90. The summed E-state index contributed by atoms with van der Waals surface area (Å²) in [5.41, 5.74) is 1.08. The minimum atomic E-state index is -0.553. The number of hydrogen-bond donors (Lipinski definition) is 1. The Kier molecular flexibility index (Phi) is 4.91. The van der Waals surface area contributed by atoms with E-state index in [4.69, 9.17) is 20.8 Å². The van der Waals surface area contributed by atoms with E-state index in [9.17, 15) is 9.18 Å². The Hall–Kier alpha value is -2.71. The minimum absolute atomic E-state index is 0.0699. The lowest BCUT2D eigenvalue weighted by molar-refractivity contribution is 0.102. The molecule has 1 fully saturated rings. The molecular weight excluding hydrogens is 387 g/mol. The number of carbonyl (C=O) groups is 1. The molecular formula is C19H18ClFN4O3. The highest BCUT2D eigenvalue weighted by atomic mass is 35.5. The van der Waals surface area contributed by atoms with Gasteiger partial charge in [-0.3, -0.25) is 4.79 Å². The summed E-state index contributed by atoms with van der Waals surface area (Å²) in [6.07, 6.45) is 0. The number of nitrogens with zero attached hydrogens (tertiary/aromatic N) is 3. The van der Waals surface area contributed by atoms with Gasteiger partial charge in [0, 0.05) is 18.8 Å². The molecule has 1 aromatic carbocycles. The quantitative estimate of drug-likeness (QED) is 0.716. The number of fused-ring (bicyclic) bond motifs is 1. The number of aryl methyl sites for hydroxylation is 2. The van der Waals surface area contributed by atoms with E-state index in [-0.39, 0.29) is 5.02 Å². The predicted octanol–water partition coefficient (Wildman–Crippen LogP) is 3.72. The summed E-state index contributed by atoms with van der Waals surface area (Å²) in [6, 6.07) is 4.00. The molecule has 1 saturated heterocycles. The Bertz CT molecular complexity index is 1060. The van der Waals surface area contributed by atoms with Gasteiger partial charge < -0.3 is 19.4 Å². The first kappa shape index (κ1) is 18.6. The van der Waals surface area contributed by atoms with Crippen molar-refractivity contribution in [1.29, 1.82) is 0 Å². The van der Waals surface area contributed by atoms with Crippen molar-refractivity contribution in [3.63, 3.8) is 0 Å². The first-order valence-electron chi connectivity index (χ1n) is 8.81. The van der Waals surface area contributed by atoms with Crippen molar-refractivity contribution in [1.82, 2.24) is 9.97 Å². The molecule has 3 heterocycles. The normalized spacial score (nSPS) is 14.5. The van der Waals surface area contributed by atoms with E-state index in [1.807, 2.05) is 0 Å². The zero-order valence-electron chi connectivity index (χ0n) is 15.4. The molecule has 1 aliphatic heterocycles. The molecule has 0 aliphatic carbocycles. The van der Waals surface area contributed by atoms with Gasteiger partial charge in [-0.15, -0.1) is 0 Å². The zero-order valence-corrected chi connectivity index (χ0v) is 16.1. The highest BCUT2D eigenvalue weighted by Gasteiger charge is 2.27. The van der Waals surface area contributed by atoms with Gasteiger partial charge in [0.15, 0.2) is 0 Å². The van der Waals surface area contributed by atoms with Crippen LogP contribution in [0.15, 0.2) is 22.6 Å². The summed E-state index contributed by atoms with van der Waals surface area (Å²) in [5.74, 6) is 0.670. The maximum absolute atomic E-state index is 13.4. The monoisotopic (exact) mass is 404 g/mol. The van der Waals surface area contributed by atoms with Crippen molar-refractivity contribution in [3.05, 3.63) is 46.2 Å². The number of amides is 1. The number of ether oxygens (including phenoxy) is 1. The molecule has 1 N–H and O–H groups in total. The fraction of sp³-hybridized carbons (Fsp3) is 0.316. The number of carbonyl (C=O) groups excluding carboxylic acids is 1. The lowest BCUT2D eigenvalue weighted by atomic mass is 10.1. The van der Waals surface area contributed by atoms with Crippen molar-refractivity contribution < 1.29 is 18.3 Å². The molecule has 9 heteroatoms. The molecule has 7 nitrogen and oxygen atoms in total. The van der Waals surface area contributed by atoms with Crippen LogP contribution in [0.5, 0.6) is 0 Å². The van der Waals surface area contributed by atoms with Crippen LogP contribution in [0.2, 0.25) is 5.02 Å². The molecule has 28 heavy (non-hydrogen) atoms. The standard InChI is InChI=1S/C19H18ClFN4O3/c1-10-15(18(26)24-12-3-4-14(21)13(20)9-12)16-17(25-5-7-27-8-6-25)22-11(2)23-19(16)28-10/h3-4,9H,5-8H2,1-2H3,(H,24,26). The number of hydrogen-bond acceptors (Lipinski definition) is 6. The van der Waals surface area contributed by atoms with Crippen LogP contribution in [0.25, 0.3) is 11.1 Å². The highest BCUT2D eigenvalue weighted by molar-refractivity contribution is 6.31. The molecule has 2 aromatic heterocycles. The number of nitrogens with one attached hydrogen (secondary N) is 1. The molecule has 0 bridgehead atoms. The summed E-state index contributed by atoms with van der Waals surface area (Å²) >= 11 is 5.81. The van der Waals surface area contributed by atoms with Crippen LogP contribution in [0, 0.1) is 19.7 Å². The van der Waals surface area contributed by atoms with Crippen molar-refractivity contribution in [3.8, 4) is 0 Å². The van der Waals surface area contributed by atoms with E-state index in [1.165, 1.54) is 18.2 Å². The zero-order chi connectivity index (χ0) is 19.8. The van der Waals surface area contributed by atoms with Crippen LogP contribution >= 0.6 is 11.6 Å². The Balaban J connectivity index is 1.78. The van der Waals surface area contributed by atoms with E-state index in [1.54, 1.807) is 13.8 Å². The minimum Gasteiger partial charge on any atom is -0.442 e. The SMILES string of the molecule is Cc1nc(N2CCOCC2)c2c(C(=O)Nc3ccc(F)c(Cl)c3)c(C)oc2n1. The van der Waals surface area contributed by atoms with Crippen molar-refractivity contribution in [2.75, 3.05) is 36.5 Å². The van der Waals surface area contributed by atoms with Gasteiger partial charge in [0.05, 0.1) is 29.2 Å². The Morgan fingerprint density at radius 2 is 2.00 bits per heavy atom. The molecule has 1 aliphatic rings. The number of rotatable bonds is 3. The van der Waals surface area contributed by atoms with E-state index >= 15 is 0 Å². The van der Waals surface area contributed by atoms with Crippen LogP contribution in [0.3, 0.4) is 0 Å². The average Bonchev–Trinajstić information content (AvgIpc) is 3.00. The summed E-state index contributed by atoms with van der Waals surface area (Å²) in [4.78, 5) is 24.0. The summed E-state index contributed by atoms with van der Waals surface area (Å²) in [7, 11) is 0. The molecule has 4 rings (SSSR count). The van der Waals surface area contributed by atoms with Gasteiger partial charge in [-0.2, -0.15) is 4.98 Å². The number of halogens is 2. The maximum atomic E-state index is 13.4. The smallest absolute Gasteiger partial charge is 0.260 e. The maximum Gasteiger partial charge on any atom is 0.260 e. The predicted molar refractivity (Wildman–Crippen MR) is 104 cm³/mol. The number of morpholine rings is 1. The third-order valence-corrected chi connectivity index (χ3v) is 4.83. The molecule has 146 valence electrons. The fourth-order valence-electron chi connectivity index (χ4n) is 3.24. The summed E-state index contributed by atoms with van der Waals surface area (Å²) in [5, 5.41) is 3.22. The van der Waals surface area contributed by atoms with E-state index in [2.05, 4.69) is 20.2 Å². The lowest BCUT2D eigenvalue weighted by Crippen LogP contribution is -2.37. The van der Waals surface area contributed by atoms with Crippen LogP contribution < -0.4 is 10.2 Å². The average molecular weight is 405 g/mol. The largest absolute Gasteiger partial charge is 0.442 e. The second-order valence-electron chi connectivity index (χ2n) is 6.49. The van der Waals surface area contributed by atoms with Crippen molar-refractivity contribution in [2.24, 2.45) is 0 Å². The second kappa shape index (κ2) is 7.37. The lowest BCUT2D eigenvalue weighted by Gasteiger charge is -2.28. The summed E-state index contributed by atoms with van der Waals surface area (Å²) in [6.45, 7) is 5.96. The number of benzene rings is 1. The number of furan rings is 1. The number of aromatic nitrogens is 2. The van der Waals surface area contributed by atoms with Crippen molar-refractivity contribution in [2.45, 2.75) is 13.8 Å². The Morgan fingerprint density at radius 1 is 1.25 bits per heavy atom. The van der Waals surface area contributed by atoms with E-state index in [0.717, 1.165) is 0 Å². The molecule has 3 aromatic rings. The van der Waals surface area contributed by atoms with Gasteiger partial charge >= 0.3 is 0 Å². The molecule has 0 radical (unpaired) electrons. The Morgan fingerprint density at radius 3 is 2.71 bits per heavy atom. The van der Waals surface area contributed by atoms with E-state index < -0.39 is 11.7 Å². The number of anilines is 2. The van der Waals surface area contributed by atoms with Crippen molar-refractivity contribution >= 4 is 40.1 Å². The molecule has 0 unspecified atom stereocenters. The van der Waals surface area contributed by atoms with Gasteiger partial charge in [-0.1, -0.05) is 11.6 Å². The van der Waals surface area contributed by atoms with Gasteiger partial charge in [-0.05, 0) is 32.0 Å². The van der Waals surface area contributed by atoms with E-state index in [0.29, 0.717) is 66.1 Å². The van der Waals surface area contributed by atoms with Gasteiger partial charge in [0.2, 0.25) is 5.71 Å². The third-order valence-electron chi connectivity index (χ3n) is 4.54. The van der Waals surface area contributed by atoms with Crippen LogP contribution in [-0.4, -0.2) is 42.2 Å². The fourth-order valence-corrected chi connectivity index (χ4v) is 3.42. The third kappa shape index (κ3) is 3.41.